The van der Waals surface area contributed by atoms with Crippen LogP contribution in [0.5, 0.6) is 0 Å². The van der Waals surface area contributed by atoms with E-state index in [0.717, 1.165) is 0 Å². The maximum absolute atomic E-state index is 9.80. The van der Waals surface area contributed by atoms with Gasteiger partial charge in [0.25, 0.3) is 0 Å². The van der Waals surface area contributed by atoms with Crippen LogP contribution >= 0.6 is 12.2 Å². The van der Waals surface area contributed by atoms with Gasteiger partial charge in [-0.2, -0.15) is 0 Å². The van der Waals surface area contributed by atoms with Crippen molar-refractivity contribution >= 4 is 27.4 Å². The van der Waals surface area contributed by atoms with Gasteiger partial charge in [0.1, 0.15) is 16.0 Å². The van der Waals surface area contributed by atoms with Gasteiger partial charge in [-0.15, -0.1) is 0 Å². The molecule has 8 heteroatoms. The number of thiocarbonyl (C=S) groups is 1. The fourth-order valence-electron chi connectivity index (χ4n) is 0.160. The minimum Gasteiger partial charge on any atom is -0.747 e. The molecule has 0 aromatic rings. The molecule has 0 aliphatic rings. The summed E-state index contributed by atoms with van der Waals surface area (Å²) in [6.45, 7) is 0. The third-order valence-electron chi connectivity index (χ3n) is 0.423. The summed E-state index contributed by atoms with van der Waals surface area (Å²) >= 11 is 4.23. The van der Waals surface area contributed by atoms with Gasteiger partial charge in [0.15, 0.2) is 5.11 Å². The molecule has 0 heterocycles. The SMILES string of the molecule is NC(=S)NCS(=O)(=O)[O-].[Na+]. The zero-order chi connectivity index (χ0) is 7.49. The minimum absolute atomic E-state index is 0. The molecule has 0 aliphatic heterocycles. The second-order valence-electron chi connectivity index (χ2n) is 1.24. The largest absolute Gasteiger partial charge is 1.00 e. The summed E-state index contributed by atoms with van der Waals surface area (Å²) < 4.78 is 29.4. The van der Waals surface area contributed by atoms with Crippen molar-refractivity contribution in [3.63, 3.8) is 0 Å². The Morgan fingerprint density at radius 2 is 2.10 bits per heavy atom. The van der Waals surface area contributed by atoms with E-state index in [1.165, 1.54) is 0 Å². The van der Waals surface area contributed by atoms with Gasteiger partial charge in [-0.05, 0) is 12.2 Å². The van der Waals surface area contributed by atoms with Gasteiger partial charge in [0.2, 0.25) is 0 Å². The molecular formula is C2H5N2NaO3S2. The third-order valence-corrected chi connectivity index (χ3v) is 1.07. The van der Waals surface area contributed by atoms with E-state index >= 15 is 0 Å². The molecule has 0 atom stereocenters. The number of hydrogen-bond acceptors (Lipinski definition) is 4. The van der Waals surface area contributed by atoms with Gasteiger partial charge in [-0.1, -0.05) is 0 Å². The van der Waals surface area contributed by atoms with E-state index in [1.807, 2.05) is 5.32 Å². The third kappa shape index (κ3) is 11.4. The van der Waals surface area contributed by atoms with Crippen LogP contribution in [-0.4, -0.2) is 24.0 Å². The molecule has 0 saturated carbocycles. The molecular weight excluding hydrogens is 187 g/mol. The van der Waals surface area contributed by atoms with Gasteiger partial charge >= 0.3 is 29.6 Å². The average molecular weight is 192 g/mol. The van der Waals surface area contributed by atoms with Crippen LogP contribution in [0.25, 0.3) is 0 Å². The van der Waals surface area contributed by atoms with Crippen molar-refractivity contribution in [2.45, 2.75) is 0 Å². The molecule has 0 radical (unpaired) electrons. The first-order valence-corrected chi connectivity index (χ1v) is 3.87. The first-order chi connectivity index (χ1) is 3.92. The average Bonchev–Trinajstić information content (AvgIpc) is 1.59. The van der Waals surface area contributed by atoms with Crippen LogP contribution in [0.1, 0.15) is 0 Å². The topological polar surface area (TPSA) is 95.2 Å². The maximum atomic E-state index is 9.80. The molecule has 3 N–H and O–H groups in total. The molecule has 0 fully saturated rings. The standard InChI is InChI=1S/C2H6N2O3S2.Na/c3-2(8)4-1-9(5,6)7;/h1H2,(H3,3,4,8)(H,5,6,7);/q;+1/p-1. The Labute approximate surface area is 86.4 Å². The Kier molecular flexibility index (Phi) is 6.97. The van der Waals surface area contributed by atoms with E-state index < -0.39 is 16.0 Å². The molecule has 0 spiro atoms. The summed E-state index contributed by atoms with van der Waals surface area (Å²) in [4.78, 5) is 0. The summed E-state index contributed by atoms with van der Waals surface area (Å²) in [5.74, 6) is -0.748. The van der Waals surface area contributed by atoms with Crippen LogP contribution in [-0.2, 0) is 10.1 Å². The van der Waals surface area contributed by atoms with Crippen molar-refractivity contribution in [1.29, 1.82) is 0 Å². The summed E-state index contributed by atoms with van der Waals surface area (Å²) in [7, 11) is -4.25. The second-order valence-corrected chi connectivity index (χ2v) is 3.09. The summed E-state index contributed by atoms with van der Waals surface area (Å²) in [5, 5.41) is 1.79. The van der Waals surface area contributed by atoms with Crippen molar-refractivity contribution < 1.29 is 42.5 Å². The predicted molar refractivity (Wildman–Crippen MR) is 34.5 cm³/mol. The molecule has 54 valence electrons. The van der Waals surface area contributed by atoms with Gasteiger partial charge < -0.3 is 15.6 Å². The quantitative estimate of drug-likeness (QED) is 0.259. The Hall–Kier alpha value is 0.600. The Balaban J connectivity index is 0. The van der Waals surface area contributed by atoms with Gasteiger partial charge in [-0.3, -0.25) is 0 Å². The van der Waals surface area contributed by atoms with Crippen molar-refractivity contribution in [2.24, 2.45) is 5.73 Å². The fraction of sp³-hybridized carbons (Fsp3) is 0.500. The molecule has 0 rings (SSSR count). The Morgan fingerprint density at radius 3 is 2.20 bits per heavy atom. The zero-order valence-electron chi connectivity index (χ0n) is 5.33. The van der Waals surface area contributed by atoms with Crippen LogP contribution in [0.15, 0.2) is 0 Å². The molecule has 0 aromatic carbocycles. The molecule has 0 aliphatic carbocycles. The van der Waals surface area contributed by atoms with E-state index in [9.17, 15) is 13.0 Å². The molecule has 0 bridgehead atoms. The van der Waals surface area contributed by atoms with E-state index in [0.29, 0.717) is 0 Å². The summed E-state index contributed by atoms with van der Waals surface area (Å²) in [6.07, 6.45) is 0. The van der Waals surface area contributed by atoms with Crippen LogP contribution in [0.4, 0.5) is 0 Å². The number of nitrogens with one attached hydrogen (secondary N) is 1. The predicted octanol–water partition coefficient (Wildman–Crippen LogP) is -4.67. The van der Waals surface area contributed by atoms with Crippen molar-refractivity contribution in [3.8, 4) is 0 Å². The Morgan fingerprint density at radius 1 is 1.70 bits per heavy atom. The second kappa shape index (κ2) is 5.28. The number of hydrogen-bond donors (Lipinski definition) is 2. The van der Waals surface area contributed by atoms with E-state index in [-0.39, 0.29) is 34.7 Å². The number of nitrogens with two attached hydrogens (primary N) is 1. The van der Waals surface area contributed by atoms with Crippen LogP contribution in [0, 0.1) is 0 Å². The molecule has 5 nitrogen and oxygen atoms in total. The minimum atomic E-state index is -4.25. The normalized spacial score (nSPS) is 9.70. The smallest absolute Gasteiger partial charge is 0.747 e. The van der Waals surface area contributed by atoms with E-state index in [1.54, 1.807) is 0 Å². The van der Waals surface area contributed by atoms with Crippen molar-refractivity contribution in [3.05, 3.63) is 0 Å². The summed E-state index contributed by atoms with van der Waals surface area (Å²) in [6, 6.07) is 0. The fourth-order valence-corrected chi connectivity index (χ4v) is 0.655. The first kappa shape index (κ1) is 13.2. The molecule has 0 amide bonds. The monoisotopic (exact) mass is 192 g/mol. The maximum Gasteiger partial charge on any atom is 1.00 e. The van der Waals surface area contributed by atoms with Crippen LogP contribution < -0.4 is 40.6 Å². The molecule has 0 aromatic heterocycles. The molecule has 0 saturated heterocycles. The van der Waals surface area contributed by atoms with E-state index in [4.69, 9.17) is 5.73 Å². The van der Waals surface area contributed by atoms with Crippen LogP contribution in [0.2, 0.25) is 0 Å². The van der Waals surface area contributed by atoms with Crippen LogP contribution in [0.3, 0.4) is 0 Å². The van der Waals surface area contributed by atoms with E-state index in [2.05, 4.69) is 12.2 Å². The van der Waals surface area contributed by atoms with Gasteiger partial charge in [0.05, 0.1) is 0 Å². The van der Waals surface area contributed by atoms with Crippen molar-refractivity contribution in [1.82, 2.24) is 5.32 Å². The first-order valence-electron chi connectivity index (χ1n) is 1.89. The number of rotatable bonds is 2. The van der Waals surface area contributed by atoms with Gasteiger partial charge in [0, 0.05) is 0 Å². The molecule has 10 heavy (non-hydrogen) atoms. The Bertz CT molecular complexity index is 201. The van der Waals surface area contributed by atoms with Gasteiger partial charge in [-0.25, -0.2) is 8.42 Å². The molecule has 0 unspecified atom stereocenters. The summed E-state index contributed by atoms with van der Waals surface area (Å²) in [5.41, 5.74) is 4.82. The van der Waals surface area contributed by atoms with Crippen molar-refractivity contribution in [2.75, 3.05) is 5.88 Å². The zero-order valence-corrected chi connectivity index (χ0v) is 8.96.